The molecule has 2 fully saturated rings. The average molecular weight is 267 g/mol. The highest BCUT2D eigenvalue weighted by Crippen LogP contribution is 2.36. The predicted octanol–water partition coefficient (Wildman–Crippen LogP) is 2.18. The molecule has 2 aliphatic rings. The molecule has 3 nitrogen and oxygen atoms in total. The Kier molecular flexibility index (Phi) is 5.67. The van der Waals surface area contributed by atoms with Crippen LogP contribution in [0.5, 0.6) is 0 Å². The zero-order valence-corrected chi connectivity index (χ0v) is 13.2. The summed E-state index contributed by atoms with van der Waals surface area (Å²) in [6, 6.07) is 0.775. The third-order valence-electron chi connectivity index (χ3n) is 5.25. The Balaban J connectivity index is 1.92. The smallest absolute Gasteiger partial charge is 0.0229 e. The quantitative estimate of drug-likeness (QED) is 0.770. The molecule has 0 amide bonds. The van der Waals surface area contributed by atoms with Crippen LogP contribution in [0.2, 0.25) is 0 Å². The van der Waals surface area contributed by atoms with E-state index in [4.69, 9.17) is 0 Å². The van der Waals surface area contributed by atoms with Gasteiger partial charge < -0.3 is 15.1 Å². The summed E-state index contributed by atoms with van der Waals surface area (Å²) in [6.45, 7) is 5.10. The molecule has 1 aliphatic carbocycles. The number of nitrogens with zero attached hydrogens (tertiary/aromatic N) is 2. The predicted molar refractivity (Wildman–Crippen MR) is 82.6 cm³/mol. The van der Waals surface area contributed by atoms with Gasteiger partial charge in [-0.25, -0.2) is 0 Å². The van der Waals surface area contributed by atoms with E-state index in [1.54, 1.807) is 0 Å². The van der Waals surface area contributed by atoms with Gasteiger partial charge in [0.1, 0.15) is 0 Å². The summed E-state index contributed by atoms with van der Waals surface area (Å²) in [4.78, 5) is 5.13. The van der Waals surface area contributed by atoms with Crippen LogP contribution in [0.25, 0.3) is 0 Å². The lowest BCUT2D eigenvalue weighted by Crippen LogP contribution is -2.43. The zero-order valence-electron chi connectivity index (χ0n) is 13.2. The Morgan fingerprint density at radius 2 is 1.84 bits per heavy atom. The minimum atomic E-state index is 0.548. The average Bonchev–Trinajstić information content (AvgIpc) is 2.71. The highest BCUT2D eigenvalue weighted by Gasteiger charge is 2.35. The molecular weight excluding hydrogens is 234 g/mol. The molecule has 1 unspecified atom stereocenters. The van der Waals surface area contributed by atoms with Crippen molar-refractivity contribution in [3.63, 3.8) is 0 Å². The van der Waals surface area contributed by atoms with Crippen molar-refractivity contribution in [3.05, 3.63) is 0 Å². The maximum absolute atomic E-state index is 3.48. The standard InChI is InChI=1S/C16H33N3/c1-17-13-16(9-6-4-5-7-10-16)14-19-11-8-15(12-19)18(2)3/h15,17H,4-14H2,1-3H3. The summed E-state index contributed by atoms with van der Waals surface area (Å²) >= 11 is 0. The fraction of sp³-hybridized carbons (Fsp3) is 1.00. The minimum absolute atomic E-state index is 0.548. The molecule has 0 aromatic rings. The Morgan fingerprint density at radius 1 is 1.16 bits per heavy atom. The van der Waals surface area contributed by atoms with E-state index in [0.29, 0.717) is 5.41 Å². The van der Waals surface area contributed by atoms with E-state index in [9.17, 15) is 0 Å². The van der Waals surface area contributed by atoms with Crippen LogP contribution in [0.3, 0.4) is 0 Å². The molecule has 1 N–H and O–H groups in total. The molecule has 0 bridgehead atoms. The summed E-state index contributed by atoms with van der Waals surface area (Å²) in [5.74, 6) is 0. The minimum Gasteiger partial charge on any atom is -0.319 e. The van der Waals surface area contributed by atoms with E-state index in [-0.39, 0.29) is 0 Å². The Bertz CT molecular complexity index is 257. The van der Waals surface area contributed by atoms with Gasteiger partial charge in [0, 0.05) is 25.7 Å². The van der Waals surface area contributed by atoms with E-state index < -0.39 is 0 Å². The Labute approximate surface area is 119 Å². The molecule has 2 rings (SSSR count). The van der Waals surface area contributed by atoms with Gasteiger partial charge in [-0.3, -0.25) is 0 Å². The third kappa shape index (κ3) is 4.17. The van der Waals surface area contributed by atoms with E-state index in [0.717, 1.165) is 6.04 Å². The van der Waals surface area contributed by atoms with Crippen molar-refractivity contribution in [1.82, 2.24) is 15.1 Å². The summed E-state index contributed by atoms with van der Waals surface area (Å²) in [5.41, 5.74) is 0.548. The summed E-state index contributed by atoms with van der Waals surface area (Å²) in [7, 11) is 6.58. The van der Waals surface area contributed by atoms with E-state index in [1.807, 2.05) is 0 Å². The maximum Gasteiger partial charge on any atom is 0.0229 e. The van der Waals surface area contributed by atoms with Gasteiger partial charge in [-0.1, -0.05) is 25.7 Å². The molecule has 1 saturated carbocycles. The second kappa shape index (κ2) is 7.05. The van der Waals surface area contributed by atoms with Crippen molar-refractivity contribution < 1.29 is 0 Å². The first kappa shape index (κ1) is 15.3. The van der Waals surface area contributed by atoms with E-state index in [2.05, 4.69) is 36.3 Å². The molecule has 1 saturated heterocycles. The van der Waals surface area contributed by atoms with E-state index >= 15 is 0 Å². The van der Waals surface area contributed by atoms with Gasteiger partial charge >= 0.3 is 0 Å². The third-order valence-corrected chi connectivity index (χ3v) is 5.25. The monoisotopic (exact) mass is 267 g/mol. The van der Waals surface area contributed by atoms with Crippen LogP contribution >= 0.6 is 0 Å². The van der Waals surface area contributed by atoms with Gasteiger partial charge in [0.05, 0.1) is 0 Å². The first-order valence-electron chi connectivity index (χ1n) is 8.19. The zero-order chi connectivity index (χ0) is 13.7. The normalized spacial score (nSPS) is 28.7. The second-order valence-corrected chi connectivity index (χ2v) is 7.09. The van der Waals surface area contributed by atoms with Crippen LogP contribution in [0, 0.1) is 5.41 Å². The summed E-state index contributed by atoms with van der Waals surface area (Å²) < 4.78 is 0. The largest absolute Gasteiger partial charge is 0.319 e. The fourth-order valence-electron chi connectivity index (χ4n) is 4.10. The number of likely N-dealkylation sites (tertiary alicyclic amines) is 1. The lowest BCUT2D eigenvalue weighted by atomic mass is 9.79. The van der Waals surface area contributed by atoms with Crippen LogP contribution < -0.4 is 5.32 Å². The topological polar surface area (TPSA) is 18.5 Å². The molecule has 0 radical (unpaired) electrons. The number of hydrogen-bond acceptors (Lipinski definition) is 3. The SMILES string of the molecule is CNCC1(CN2CCC(N(C)C)C2)CCCCCC1. The van der Waals surface area contributed by atoms with Gasteiger partial charge in [0.2, 0.25) is 0 Å². The first-order valence-corrected chi connectivity index (χ1v) is 8.19. The summed E-state index contributed by atoms with van der Waals surface area (Å²) in [6.07, 6.45) is 9.98. The lowest BCUT2D eigenvalue weighted by Gasteiger charge is -2.37. The van der Waals surface area contributed by atoms with Crippen molar-refractivity contribution in [3.8, 4) is 0 Å². The molecular formula is C16H33N3. The fourth-order valence-corrected chi connectivity index (χ4v) is 4.10. The van der Waals surface area contributed by atoms with Crippen LogP contribution in [0.4, 0.5) is 0 Å². The molecule has 3 heteroatoms. The number of nitrogens with one attached hydrogen (secondary N) is 1. The molecule has 1 heterocycles. The van der Waals surface area contributed by atoms with Crippen molar-refractivity contribution in [2.24, 2.45) is 5.41 Å². The Morgan fingerprint density at radius 3 is 2.37 bits per heavy atom. The lowest BCUT2D eigenvalue weighted by molar-refractivity contribution is 0.141. The number of hydrogen-bond donors (Lipinski definition) is 1. The molecule has 1 aliphatic heterocycles. The van der Waals surface area contributed by atoms with Gasteiger partial charge in [-0.05, 0) is 52.4 Å². The number of rotatable bonds is 5. The van der Waals surface area contributed by atoms with Crippen molar-refractivity contribution in [2.45, 2.75) is 51.0 Å². The van der Waals surface area contributed by atoms with E-state index in [1.165, 1.54) is 71.1 Å². The van der Waals surface area contributed by atoms with Crippen LogP contribution in [0.1, 0.15) is 44.9 Å². The van der Waals surface area contributed by atoms with Crippen molar-refractivity contribution >= 4 is 0 Å². The Hall–Kier alpha value is -0.120. The van der Waals surface area contributed by atoms with Crippen LogP contribution in [-0.4, -0.2) is 63.2 Å². The van der Waals surface area contributed by atoms with Crippen molar-refractivity contribution in [1.29, 1.82) is 0 Å². The summed E-state index contributed by atoms with van der Waals surface area (Å²) in [5, 5.41) is 3.48. The van der Waals surface area contributed by atoms with Crippen LogP contribution in [0.15, 0.2) is 0 Å². The first-order chi connectivity index (χ1) is 9.15. The molecule has 112 valence electrons. The molecule has 0 aromatic heterocycles. The van der Waals surface area contributed by atoms with Gasteiger partial charge in [-0.15, -0.1) is 0 Å². The van der Waals surface area contributed by atoms with Crippen LogP contribution in [-0.2, 0) is 0 Å². The second-order valence-electron chi connectivity index (χ2n) is 7.09. The van der Waals surface area contributed by atoms with Gasteiger partial charge in [0.25, 0.3) is 0 Å². The molecule has 19 heavy (non-hydrogen) atoms. The van der Waals surface area contributed by atoms with Gasteiger partial charge in [-0.2, -0.15) is 0 Å². The molecule has 1 atom stereocenters. The molecule has 0 spiro atoms. The highest BCUT2D eigenvalue weighted by molar-refractivity contribution is 4.90. The maximum atomic E-state index is 3.48. The number of likely N-dealkylation sites (N-methyl/N-ethyl adjacent to an activating group) is 1. The van der Waals surface area contributed by atoms with Gasteiger partial charge in [0.15, 0.2) is 0 Å². The highest BCUT2D eigenvalue weighted by atomic mass is 15.2. The molecule has 0 aromatic carbocycles. The van der Waals surface area contributed by atoms with Crippen molar-refractivity contribution in [2.75, 3.05) is 47.3 Å².